The Hall–Kier alpha value is -1.97. The molecule has 23 heavy (non-hydrogen) atoms. The van der Waals surface area contributed by atoms with Gasteiger partial charge in [-0.3, -0.25) is 4.79 Å². The van der Waals surface area contributed by atoms with E-state index in [0.29, 0.717) is 30.7 Å². The van der Waals surface area contributed by atoms with Gasteiger partial charge >= 0.3 is 0 Å². The Bertz CT molecular complexity index is 521. The maximum atomic E-state index is 11.7. The molecule has 0 unspecified atom stereocenters. The fourth-order valence-corrected chi connectivity index (χ4v) is 1.85. The predicted octanol–water partition coefficient (Wildman–Crippen LogP) is 3.91. The molecule has 0 fully saturated rings. The van der Waals surface area contributed by atoms with Crippen molar-refractivity contribution in [2.45, 2.75) is 34.1 Å². The molecule has 0 saturated carbocycles. The Morgan fingerprint density at radius 2 is 1.91 bits per heavy atom. The van der Waals surface area contributed by atoms with Crippen LogP contribution in [0.3, 0.4) is 0 Å². The second-order valence-electron chi connectivity index (χ2n) is 6.41. The first-order valence-corrected chi connectivity index (χ1v) is 8.19. The average molecular weight is 319 g/mol. The molecule has 0 atom stereocenters. The molecule has 0 bridgehead atoms. The first kappa shape index (κ1) is 19.1. The largest absolute Gasteiger partial charge is 0.493 e. The molecule has 1 amide bonds. The number of ether oxygens (including phenoxy) is 2. The van der Waals surface area contributed by atoms with Crippen molar-refractivity contribution in [3.63, 3.8) is 0 Å². The van der Waals surface area contributed by atoms with Crippen LogP contribution in [0.4, 0.5) is 0 Å². The summed E-state index contributed by atoms with van der Waals surface area (Å²) in [5.41, 5.74) is 0.901. The van der Waals surface area contributed by atoms with Crippen molar-refractivity contribution < 1.29 is 14.3 Å². The van der Waals surface area contributed by atoms with E-state index in [-0.39, 0.29) is 5.91 Å². The summed E-state index contributed by atoms with van der Waals surface area (Å²) in [5, 5.41) is 2.85. The first-order chi connectivity index (χ1) is 10.9. The Morgan fingerprint density at radius 3 is 2.52 bits per heavy atom. The maximum Gasteiger partial charge on any atom is 0.244 e. The molecule has 0 aliphatic rings. The zero-order valence-electron chi connectivity index (χ0n) is 14.9. The van der Waals surface area contributed by atoms with E-state index in [1.807, 2.05) is 18.2 Å². The van der Waals surface area contributed by atoms with Crippen LogP contribution in [0.25, 0.3) is 6.08 Å². The van der Waals surface area contributed by atoms with Gasteiger partial charge in [0.1, 0.15) is 0 Å². The molecule has 1 aromatic rings. The Balaban J connectivity index is 2.65. The molecule has 0 aliphatic heterocycles. The lowest BCUT2D eigenvalue weighted by Gasteiger charge is -2.12. The Morgan fingerprint density at radius 1 is 1.17 bits per heavy atom. The number of amides is 1. The van der Waals surface area contributed by atoms with Crippen molar-refractivity contribution in [1.82, 2.24) is 5.32 Å². The van der Waals surface area contributed by atoms with Crippen LogP contribution in [0.15, 0.2) is 24.3 Å². The lowest BCUT2D eigenvalue weighted by atomic mass is 10.1. The predicted molar refractivity (Wildman–Crippen MR) is 94.8 cm³/mol. The monoisotopic (exact) mass is 319 g/mol. The van der Waals surface area contributed by atoms with Crippen LogP contribution >= 0.6 is 0 Å². The van der Waals surface area contributed by atoms with E-state index in [1.165, 1.54) is 6.08 Å². The lowest BCUT2D eigenvalue weighted by Crippen LogP contribution is -2.25. The number of rotatable bonds is 9. The molecule has 1 N–H and O–H groups in total. The molecule has 1 aromatic carbocycles. The van der Waals surface area contributed by atoms with Gasteiger partial charge in [-0.15, -0.1) is 0 Å². The summed E-state index contributed by atoms with van der Waals surface area (Å²) in [6.45, 7) is 9.80. The minimum Gasteiger partial charge on any atom is -0.493 e. The molecule has 0 aliphatic carbocycles. The van der Waals surface area contributed by atoms with Crippen LogP contribution in [0.5, 0.6) is 11.5 Å². The summed E-state index contributed by atoms with van der Waals surface area (Å²) in [4.78, 5) is 11.7. The van der Waals surface area contributed by atoms with Gasteiger partial charge < -0.3 is 14.8 Å². The fraction of sp³-hybridized carbons (Fsp3) is 0.526. The van der Waals surface area contributed by atoms with E-state index >= 15 is 0 Å². The number of hydrogen-bond donors (Lipinski definition) is 1. The second kappa shape index (κ2) is 9.93. The van der Waals surface area contributed by atoms with Gasteiger partial charge in [-0.25, -0.2) is 0 Å². The highest BCUT2D eigenvalue weighted by molar-refractivity contribution is 5.91. The molecule has 0 radical (unpaired) electrons. The van der Waals surface area contributed by atoms with Crippen LogP contribution in [0, 0.1) is 11.8 Å². The highest BCUT2D eigenvalue weighted by Gasteiger charge is 2.06. The molecule has 4 heteroatoms. The van der Waals surface area contributed by atoms with Crippen molar-refractivity contribution in [3.8, 4) is 11.5 Å². The van der Waals surface area contributed by atoms with Gasteiger partial charge in [-0.05, 0) is 42.0 Å². The minimum absolute atomic E-state index is 0.0880. The Labute approximate surface area is 139 Å². The van der Waals surface area contributed by atoms with Gasteiger partial charge in [0, 0.05) is 12.6 Å². The normalized spacial score (nSPS) is 11.3. The van der Waals surface area contributed by atoms with Crippen LogP contribution < -0.4 is 14.8 Å². The third kappa shape index (κ3) is 7.73. The Kier molecular flexibility index (Phi) is 8.23. The summed E-state index contributed by atoms with van der Waals surface area (Å²) in [6, 6.07) is 5.67. The van der Waals surface area contributed by atoms with Crippen LogP contribution in [-0.2, 0) is 4.79 Å². The summed E-state index contributed by atoms with van der Waals surface area (Å²) in [6.07, 6.45) is 4.31. The average Bonchev–Trinajstić information content (AvgIpc) is 2.51. The molecule has 4 nitrogen and oxygen atoms in total. The summed E-state index contributed by atoms with van der Waals surface area (Å²) in [5.74, 6) is 2.37. The summed E-state index contributed by atoms with van der Waals surface area (Å²) >= 11 is 0. The standard InChI is InChI=1S/C19H29NO3/c1-14(2)10-11-23-17-8-6-16(12-18(17)22-5)7-9-19(21)20-13-15(3)4/h6-9,12,14-15H,10-11,13H2,1-5H3,(H,20,21)/b9-7+. The van der Waals surface area contributed by atoms with Gasteiger partial charge in [0.15, 0.2) is 11.5 Å². The highest BCUT2D eigenvalue weighted by Crippen LogP contribution is 2.28. The third-order valence-corrected chi connectivity index (χ3v) is 3.25. The molecule has 0 heterocycles. The van der Waals surface area contributed by atoms with Crippen LogP contribution in [0.1, 0.15) is 39.7 Å². The smallest absolute Gasteiger partial charge is 0.244 e. The van der Waals surface area contributed by atoms with Gasteiger partial charge in [0.25, 0.3) is 0 Å². The van der Waals surface area contributed by atoms with E-state index in [4.69, 9.17) is 9.47 Å². The van der Waals surface area contributed by atoms with Gasteiger partial charge in [0.05, 0.1) is 13.7 Å². The second-order valence-corrected chi connectivity index (χ2v) is 6.41. The van der Waals surface area contributed by atoms with Crippen molar-refractivity contribution in [2.24, 2.45) is 11.8 Å². The highest BCUT2D eigenvalue weighted by atomic mass is 16.5. The van der Waals surface area contributed by atoms with E-state index < -0.39 is 0 Å². The zero-order chi connectivity index (χ0) is 17.2. The third-order valence-electron chi connectivity index (χ3n) is 3.25. The maximum absolute atomic E-state index is 11.7. The van der Waals surface area contributed by atoms with Crippen molar-refractivity contribution in [2.75, 3.05) is 20.3 Å². The van der Waals surface area contributed by atoms with Gasteiger partial charge in [-0.1, -0.05) is 33.8 Å². The summed E-state index contributed by atoms with van der Waals surface area (Å²) in [7, 11) is 1.62. The van der Waals surface area contributed by atoms with Crippen LogP contribution in [-0.4, -0.2) is 26.2 Å². The molecule has 1 rings (SSSR count). The number of carbonyl (C=O) groups excluding carboxylic acids is 1. The topological polar surface area (TPSA) is 47.6 Å². The van der Waals surface area contributed by atoms with Crippen LogP contribution in [0.2, 0.25) is 0 Å². The minimum atomic E-state index is -0.0880. The molecule has 0 saturated heterocycles. The van der Waals surface area contributed by atoms with E-state index in [1.54, 1.807) is 13.2 Å². The summed E-state index contributed by atoms with van der Waals surface area (Å²) < 4.78 is 11.1. The van der Waals surface area contributed by atoms with Gasteiger partial charge in [-0.2, -0.15) is 0 Å². The number of carbonyl (C=O) groups is 1. The zero-order valence-corrected chi connectivity index (χ0v) is 14.9. The van der Waals surface area contributed by atoms with E-state index in [9.17, 15) is 4.79 Å². The van der Waals surface area contributed by atoms with E-state index in [0.717, 1.165) is 17.7 Å². The number of nitrogens with one attached hydrogen (secondary N) is 1. The van der Waals surface area contributed by atoms with Crippen molar-refractivity contribution in [1.29, 1.82) is 0 Å². The van der Waals surface area contributed by atoms with E-state index in [2.05, 4.69) is 33.0 Å². The van der Waals surface area contributed by atoms with Crippen molar-refractivity contribution >= 4 is 12.0 Å². The SMILES string of the molecule is COc1cc(/C=C/C(=O)NCC(C)C)ccc1OCCC(C)C. The lowest BCUT2D eigenvalue weighted by molar-refractivity contribution is -0.116. The molecule has 128 valence electrons. The van der Waals surface area contributed by atoms with Crippen molar-refractivity contribution in [3.05, 3.63) is 29.8 Å². The quantitative estimate of drug-likeness (QED) is 0.702. The molecule has 0 spiro atoms. The van der Waals surface area contributed by atoms with Gasteiger partial charge in [0.2, 0.25) is 5.91 Å². The number of benzene rings is 1. The molecule has 0 aromatic heterocycles. The number of hydrogen-bond acceptors (Lipinski definition) is 3. The fourth-order valence-electron chi connectivity index (χ4n) is 1.85. The number of methoxy groups -OCH3 is 1. The molecular weight excluding hydrogens is 290 g/mol. The molecular formula is C19H29NO3. The first-order valence-electron chi connectivity index (χ1n) is 8.19.